The monoisotopic (exact) mass is 255 g/mol. The van der Waals surface area contributed by atoms with Gasteiger partial charge < -0.3 is 10.5 Å². The molecule has 0 spiro atoms. The van der Waals surface area contributed by atoms with Crippen LogP contribution in [0.3, 0.4) is 0 Å². The van der Waals surface area contributed by atoms with Crippen LogP contribution in [0.2, 0.25) is 0 Å². The van der Waals surface area contributed by atoms with Crippen molar-refractivity contribution in [2.45, 2.75) is 26.7 Å². The average molecular weight is 255 g/mol. The molecular weight excluding hydrogens is 234 g/mol. The number of benzene rings is 2. The minimum absolute atomic E-state index is 0.678. The van der Waals surface area contributed by atoms with Gasteiger partial charge in [-0.25, -0.2) is 0 Å². The summed E-state index contributed by atoms with van der Waals surface area (Å²) in [6.07, 6.45) is 2.14. The van der Waals surface area contributed by atoms with Gasteiger partial charge in [0.2, 0.25) is 0 Å². The molecule has 0 saturated carbocycles. The summed E-state index contributed by atoms with van der Waals surface area (Å²) >= 11 is 0. The van der Waals surface area contributed by atoms with Gasteiger partial charge in [0.05, 0.1) is 12.8 Å². The van der Waals surface area contributed by atoms with Crippen LogP contribution in [0.4, 0.5) is 5.69 Å². The Kier molecular flexibility index (Phi) is 4.10. The molecular formula is C17H21NO. The van der Waals surface area contributed by atoms with Crippen LogP contribution < -0.4 is 10.5 Å². The number of ether oxygens (including phenoxy) is 1. The molecule has 2 aromatic carbocycles. The summed E-state index contributed by atoms with van der Waals surface area (Å²) in [6.45, 7) is 4.39. The van der Waals surface area contributed by atoms with Gasteiger partial charge in [-0.3, -0.25) is 0 Å². The summed E-state index contributed by atoms with van der Waals surface area (Å²) in [5.74, 6) is 0.727. The topological polar surface area (TPSA) is 35.2 Å². The van der Waals surface area contributed by atoms with Crippen molar-refractivity contribution in [2.24, 2.45) is 0 Å². The van der Waals surface area contributed by atoms with Gasteiger partial charge >= 0.3 is 0 Å². The van der Waals surface area contributed by atoms with Crippen LogP contribution in [0.15, 0.2) is 36.4 Å². The molecule has 0 aliphatic carbocycles. The zero-order chi connectivity index (χ0) is 13.8. The Morgan fingerprint density at radius 2 is 1.53 bits per heavy atom. The fraction of sp³-hybridized carbons (Fsp3) is 0.294. The molecule has 2 nitrogen and oxygen atoms in total. The highest BCUT2D eigenvalue weighted by atomic mass is 16.5. The molecule has 0 bridgehead atoms. The maximum Gasteiger partial charge on any atom is 0.141 e. The van der Waals surface area contributed by atoms with E-state index in [1.165, 1.54) is 16.7 Å². The van der Waals surface area contributed by atoms with E-state index in [9.17, 15) is 0 Å². The van der Waals surface area contributed by atoms with Crippen molar-refractivity contribution < 1.29 is 4.74 Å². The second-order valence-electron chi connectivity index (χ2n) is 4.65. The minimum Gasteiger partial charge on any atom is -0.495 e. The quantitative estimate of drug-likeness (QED) is 0.836. The molecule has 0 heterocycles. The lowest BCUT2D eigenvalue weighted by Crippen LogP contribution is -1.94. The molecule has 0 fully saturated rings. The Hall–Kier alpha value is -1.96. The predicted molar refractivity (Wildman–Crippen MR) is 81.6 cm³/mol. The fourth-order valence-corrected chi connectivity index (χ4v) is 2.39. The number of hydrogen-bond acceptors (Lipinski definition) is 2. The average Bonchev–Trinajstić information content (AvgIpc) is 2.46. The number of aryl methyl sites for hydroxylation is 2. The van der Waals surface area contributed by atoms with Crippen molar-refractivity contribution in [3.8, 4) is 16.9 Å². The molecule has 0 amide bonds. The SMILES string of the molecule is CCc1ccc(-c2ccc(OC)c(N)c2)cc1CC. The Morgan fingerprint density at radius 1 is 0.895 bits per heavy atom. The summed E-state index contributed by atoms with van der Waals surface area (Å²) in [5.41, 5.74) is 11.8. The number of rotatable bonds is 4. The number of hydrogen-bond donors (Lipinski definition) is 1. The first kappa shape index (κ1) is 13.5. The van der Waals surface area contributed by atoms with E-state index in [0.717, 1.165) is 24.2 Å². The molecule has 0 atom stereocenters. The molecule has 2 rings (SSSR count). The highest BCUT2D eigenvalue weighted by molar-refractivity contribution is 5.71. The standard InChI is InChI=1S/C17H21NO/c1-4-12-6-7-14(10-13(12)5-2)15-8-9-17(19-3)16(18)11-15/h6-11H,4-5,18H2,1-3H3. The molecule has 2 aromatic rings. The van der Waals surface area contributed by atoms with E-state index in [1.54, 1.807) is 7.11 Å². The third kappa shape index (κ3) is 2.73. The highest BCUT2D eigenvalue weighted by Crippen LogP contribution is 2.29. The first-order valence-electron chi connectivity index (χ1n) is 6.75. The van der Waals surface area contributed by atoms with Crippen LogP contribution in [-0.2, 0) is 12.8 Å². The van der Waals surface area contributed by atoms with Crippen molar-refractivity contribution in [2.75, 3.05) is 12.8 Å². The second kappa shape index (κ2) is 5.79. The Labute approximate surface area is 115 Å². The van der Waals surface area contributed by atoms with Gasteiger partial charge in [0.1, 0.15) is 5.75 Å². The van der Waals surface area contributed by atoms with Crippen LogP contribution >= 0.6 is 0 Å². The molecule has 0 aliphatic heterocycles. The van der Waals surface area contributed by atoms with Crippen LogP contribution in [0.1, 0.15) is 25.0 Å². The van der Waals surface area contributed by atoms with Crippen molar-refractivity contribution in [3.05, 3.63) is 47.5 Å². The summed E-state index contributed by atoms with van der Waals surface area (Å²) in [7, 11) is 1.64. The van der Waals surface area contributed by atoms with Gasteiger partial charge in [-0.2, -0.15) is 0 Å². The first-order chi connectivity index (χ1) is 9.19. The van der Waals surface area contributed by atoms with Gasteiger partial charge in [-0.1, -0.05) is 38.1 Å². The zero-order valence-electron chi connectivity index (χ0n) is 11.9. The fourth-order valence-electron chi connectivity index (χ4n) is 2.39. The molecule has 19 heavy (non-hydrogen) atoms. The molecule has 0 aromatic heterocycles. The smallest absolute Gasteiger partial charge is 0.141 e. The predicted octanol–water partition coefficient (Wildman–Crippen LogP) is 4.07. The van der Waals surface area contributed by atoms with Crippen molar-refractivity contribution in [1.82, 2.24) is 0 Å². The van der Waals surface area contributed by atoms with E-state index < -0.39 is 0 Å². The Morgan fingerprint density at radius 3 is 2.11 bits per heavy atom. The van der Waals surface area contributed by atoms with E-state index >= 15 is 0 Å². The Balaban J connectivity index is 2.44. The molecule has 0 radical (unpaired) electrons. The maximum absolute atomic E-state index is 5.97. The summed E-state index contributed by atoms with van der Waals surface area (Å²) in [4.78, 5) is 0. The van der Waals surface area contributed by atoms with Crippen LogP contribution in [0.5, 0.6) is 5.75 Å². The first-order valence-corrected chi connectivity index (χ1v) is 6.75. The van der Waals surface area contributed by atoms with Crippen LogP contribution in [-0.4, -0.2) is 7.11 Å². The van der Waals surface area contributed by atoms with Gasteiger partial charge in [0.15, 0.2) is 0 Å². The molecule has 2 heteroatoms. The lowest BCUT2D eigenvalue weighted by atomic mass is 9.96. The Bertz CT molecular complexity index is 575. The van der Waals surface area contributed by atoms with E-state index in [1.807, 2.05) is 12.1 Å². The van der Waals surface area contributed by atoms with Crippen molar-refractivity contribution >= 4 is 5.69 Å². The zero-order valence-corrected chi connectivity index (χ0v) is 11.9. The molecule has 0 unspecified atom stereocenters. The third-order valence-electron chi connectivity index (χ3n) is 3.53. The van der Waals surface area contributed by atoms with Gasteiger partial charge in [0.25, 0.3) is 0 Å². The van der Waals surface area contributed by atoms with Gasteiger partial charge in [0, 0.05) is 0 Å². The van der Waals surface area contributed by atoms with Crippen LogP contribution in [0, 0.1) is 0 Å². The summed E-state index contributed by atoms with van der Waals surface area (Å²) < 4.78 is 5.19. The van der Waals surface area contributed by atoms with E-state index in [-0.39, 0.29) is 0 Å². The van der Waals surface area contributed by atoms with Gasteiger partial charge in [-0.05, 0) is 47.2 Å². The number of anilines is 1. The summed E-state index contributed by atoms with van der Waals surface area (Å²) in [6, 6.07) is 12.6. The lowest BCUT2D eigenvalue weighted by Gasteiger charge is -2.11. The number of nitrogens with two attached hydrogens (primary N) is 1. The lowest BCUT2D eigenvalue weighted by molar-refractivity contribution is 0.417. The highest BCUT2D eigenvalue weighted by Gasteiger charge is 2.05. The van der Waals surface area contributed by atoms with Gasteiger partial charge in [-0.15, -0.1) is 0 Å². The van der Waals surface area contributed by atoms with Crippen LogP contribution in [0.25, 0.3) is 11.1 Å². The molecule has 0 aliphatic rings. The van der Waals surface area contributed by atoms with E-state index in [2.05, 4.69) is 38.1 Å². The molecule has 0 saturated heterocycles. The normalized spacial score (nSPS) is 10.5. The maximum atomic E-state index is 5.97. The number of methoxy groups -OCH3 is 1. The molecule has 100 valence electrons. The van der Waals surface area contributed by atoms with Crippen molar-refractivity contribution in [1.29, 1.82) is 0 Å². The molecule has 2 N–H and O–H groups in total. The minimum atomic E-state index is 0.678. The van der Waals surface area contributed by atoms with Crippen molar-refractivity contribution in [3.63, 3.8) is 0 Å². The number of nitrogen functional groups attached to an aromatic ring is 1. The third-order valence-corrected chi connectivity index (χ3v) is 3.53. The van der Waals surface area contributed by atoms with E-state index in [0.29, 0.717) is 5.69 Å². The summed E-state index contributed by atoms with van der Waals surface area (Å²) in [5, 5.41) is 0. The largest absolute Gasteiger partial charge is 0.495 e. The van der Waals surface area contributed by atoms with E-state index in [4.69, 9.17) is 10.5 Å². The second-order valence-corrected chi connectivity index (χ2v) is 4.65.